The van der Waals surface area contributed by atoms with Gasteiger partial charge >= 0.3 is 60.3 Å². The second kappa shape index (κ2) is 15.0. The number of carboxylic acid groups (broad SMARTS) is 1. The van der Waals surface area contributed by atoms with Crippen molar-refractivity contribution in [2.24, 2.45) is 0 Å². The zero-order chi connectivity index (χ0) is 26.0. The van der Waals surface area contributed by atoms with E-state index in [1.807, 2.05) is 0 Å². The summed E-state index contributed by atoms with van der Waals surface area (Å²) in [4.78, 5) is 9.62. The van der Waals surface area contributed by atoms with Crippen molar-refractivity contribution in [1.82, 2.24) is 0 Å². The van der Waals surface area contributed by atoms with Gasteiger partial charge in [-0.1, -0.05) is 0 Å². The van der Waals surface area contributed by atoms with E-state index in [1.165, 1.54) is 0 Å². The molecule has 0 fully saturated rings. The Labute approximate surface area is 191 Å². The molecule has 1 unspecified atom stereocenters. The van der Waals surface area contributed by atoms with Crippen molar-refractivity contribution < 1.29 is 115 Å². The zero-order valence-electron chi connectivity index (χ0n) is 16.0. The Morgan fingerprint density at radius 1 is 0.719 bits per heavy atom. The van der Waals surface area contributed by atoms with E-state index in [0.29, 0.717) is 21.3 Å². The number of alkyl halides is 12. The Balaban J connectivity index is -0.000000181. The van der Waals surface area contributed by atoms with Crippen LogP contribution in [-0.2, 0) is 19.0 Å². The van der Waals surface area contributed by atoms with Gasteiger partial charge in [0.05, 0.1) is 13.1 Å². The smallest absolute Gasteiger partial charge is 0.547 e. The van der Waals surface area contributed by atoms with E-state index >= 15 is 0 Å². The van der Waals surface area contributed by atoms with Crippen LogP contribution < -0.4 is 34.7 Å². The SMILES string of the molecule is COC(=C(F)F)C(F)(F)F.COC(C(=O)[O-])C(F)(F)F.COC(C(F)(F)F)C(F)(F)F.[Na+]. The number of ether oxygens (including phenoxy) is 3. The van der Waals surface area contributed by atoms with Crippen LogP contribution in [0.1, 0.15) is 0 Å². The van der Waals surface area contributed by atoms with E-state index in [-0.39, 0.29) is 29.6 Å². The Bertz CT molecular complexity index is 548. The fourth-order valence-electron chi connectivity index (χ4n) is 1.12. The van der Waals surface area contributed by atoms with Crippen molar-refractivity contribution in [2.45, 2.75) is 36.9 Å². The number of hydrogen-bond acceptors (Lipinski definition) is 5. The molecule has 0 bridgehead atoms. The number of rotatable bonds is 4. The quantitative estimate of drug-likeness (QED) is 0.309. The van der Waals surface area contributed by atoms with Crippen molar-refractivity contribution in [3.05, 3.63) is 11.8 Å². The molecule has 0 spiro atoms. The average molecular weight is 524 g/mol. The molecule has 0 aliphatic rings. The number of halogens is 14. The Morgan fingerprint density at radius 3 is 1.06 bits per heavy atom. The molecular formula is C12H11F14NaO5. The van der Waals surface area contributed by atoms with Crippen molar-refractivity contribution in [3.63, 3.8) is 0 Å². The molecule has 0 aliphatic carbocycles. The van der Waals surface area contributed by atoms with E-state index in [1.54, 1.807) is 0 Å². The summed E-state index contributed by atoms with van der Waals surface area (Å²) < 4.78 is 169. The van der Waals surface area contributed by atoms with Crippen LogP contribution in [0.2, 0.25) is 0 Å². The molecule has 0 amide bonds. The van der Waals surface area contributed by atoms with Gasteiger partial charge in [-0.3, -0.25) is 0 Å². The molecule has 0 aliphatic heterocycles. The average Bonchev–Trinajstić information content (AvgIpc) is 2.42. The normalized spacial score (nSPS) is 12.9. The summed E-state index contributed by atoms with van der Waals surface area (Å²) in [6.07, 6.45) is -30.2. The Morgan fingerprint density at radius 2 is 1.06 bits per heavy atom. The van der Waals surface area contributed by atoms with E-state index < -0.39 is 54.7 Å². The molecule has 188 valence electrons. The molecule has 0 aromatic carbocycles. The van der Waals surface area contributed by atoms with Gasteiger partial charge < -0.3 is 24.1 Å². The first-order valence-electron chi connectivity index (χ1n) is 6.61. The van der Waals surface area contributed by atoms with Gasteiger partial charge in [0.15, 0.2) is 6.10 Å². The molecule has 1 atom stereocenters. The van der Waals surface area contributed by atoms with Gasteiger partial charge in [-0.15, -0.1) is 0 Å². The summed E-state index contributed by atoms with van der Waals surface area (Å²) in [6, 6.07) is 0. The standard InChI is InChI=1S/C4H4F6O.C4H3F5O.C4H5F3O3.Na/c1-11-2(3(5,6)7)4(8,9)10;1-10-2(3(5)6)4(7,8)9;1-10-2(3(8)9)4(5,6)7;/h2H,1H3;1H3;2H,1H3,(H,8,9);/q;;;+1/p-1. The second-order valence-electron chi connectivity index (χ2n) is 4.47. The molecule has 0 aromatic heterocycles. The van der Waals surface area contributed by atoms with Gasteiger partial charge in [-0.05, 0) is 0 Å². The summed E-state index contributed by atoms with van der Waals surface area (Å²) in [5.41, 5.74) is 0. The fraction of sp³-hybridized carbons (Fsp3) is 0.750. The van der Waals surface area contributed by atoms with Crippen LogP contribution >= 0.6 is 0 Å². The number of methoxy groups -OCH3 is 3. The molecule has 0 heterocycles. The summed E-state index contributed by atoms with van der Waals surface area (Å²) >= 11 is 0. The third-order valence-electron chi connectivity index (χ3n) is 2.21. The molecule has 32 heavy (non-hydrogen) atoms. The zero-order valence-corrected chi connectivity index (χ0v) is 18.0. The largest absolute Gasteiger partial charge is 1.00 e. The van der Waals surface area contributed by atoms with Crippen molar-refractivity contribution >= 4 is 5.97 Å². The molecule has 20 heteroatoms. The van der Waals surface area contributed by atoms with Crippen LogP contribution in [0.5, 0.6) is 0 Å². The Hall–Kier alpha value is -1.05. The van der Waals surface area contributed by atoms with Crippen LogP contribution in [0, 0.1) is 0 Å². The van der Waals surface area contributed by atoms with Gasteiger partial charge in [0.2, 0.25) is 6.10 Å². The van der Waals surface area contributed by atoms with Crippen LogP contribution in [0.4, 0.5) is 61.5 Å². The summed E-state index contributed by atoms with van der Waals surface area (Å²) in [6.45, 7) is 0. The van der Waals surface area contributed by atoms with Crippen LogP contribution in [-0.4, -0.2) is 64.2 Å². The molecule has 0 rings (SSSR count). The van der Waals surface area contributed by atoms with E-state index in [9.17, 15) is 71.4 Å². The predicted octanol–water partition coefficient (Wildman–Crippen LogP) is 0.747. The third kappa shape index (κ3) is 16.6. The minimum atomic E-state index is -5.40. The van der Waals surface area contributed by atoms with Crippen LogP contribution in [0.3, 0.4) is 0 Å². The molecule has 0 aromatic rings. The minimum Gasteiger partial charge on any atom is -0.547 e. The molecular weight excluding hydrogens is 513 g/mol. The molecule has 0 saturated carbocycles. The van der Waals surface area contributed by atoms with Gasteiger partial charge in [-0.25, -0.2) is 0 Å². The minimum absolute atomic E-state index is 0. The predicted molar refractivity (Wildman–Crippen MR) is 67.1 cm³/mol. The summed E-state index contributed by atoms with van der Waals surface area (Å²) in [5.74, 6) is -4.53. The summed E-state index contributed by atoms with van der Waals surface area (Å²) in [7, 11) is 1.53. The molecule has 0 radical (unpaired) electrons. The number of carbonyl (C=O) groups excluding carboxylic acids is 1. The van der Waals surface area contributed by atoms with Crippen LogP contribution in [0.25, 0.3) is 0 Å². The van der Waals surface area contributed by atoms with Crippen LogP contribution in [0.15, 0.2) is 11.8 Å². The van der Waals surface area contributed by atoms with Gasteiger partial charge in [-0.2, -0.15) is 61.5 Å². The maximum Gasteiger partial charge on any atom is 1.00 e. The first-order chi connectivity index (χ1) is 13.5. The number of carbonyl (C=O) groups is 1. The van der Waals surface area contributed by atoms with Crippen molar-refractivity contribution in [1.29, 1.82) is 0 Å². The molecule has 0 saturated heterocycles. The number of allylic oxidation sites excluding steroid dienone is 1. The monoisotopic (exact) mass is 524 g/mol. The Kier molecular flexibility index (Phi) is 17.9. The van der Waals surface area contributed by atoms with E-state index in [0.717, 1.165) is 0 Å². The second-order valence-corrected chi connectivity index (χ2v) is 4.47. The number of aliphatic carboxylic acids is 1. The maximum absolute atomic E-state index is 11.4. The number of carboxylic acids is 1. The topological polar surface area (TPSA) is 67.8 Å². The number of hydrogen-bond donors (Lipinski definition) is 0. The first-order valence-corrected chi connectivity index (χ1v) is 6.61. The van der Waals surface area contributed by atoms with E-state index in [2.05, 4.69) is 14.2 Å². The molecule has 0 N–H and O–H groups in total. The third-order valence-corrected chi connectivity index (χ3v) is 2.21. The fourth-order valence-corrected chi connectivity index (χ4v) is 1.12. The van der Waals surface area contributed by atoms with Crippen molar-refractivity contribution in [3.8, 4) is 0 Å². The van der Waals surface area contributed by atoms with Gasteiger partial charge in [0.25, 0.3) is 5.76 Å². The maximum atomic E-state index is 11.4. The van der Waals surface area contributed by atoms with Gasteiger partial charge in [0, 0.05) is 14.2 Å². The van der Waals surface area contributed by atoms with Crippen molar-refractivity contribution in [2.75, 3.05) is 21.3 Å². The molecule has 5 nitrogen and oxygen atoms in total. The first kappa shape index (κ1) is 38.2. The summed E-state index contributed by atoms with van der Waals surface area (Å²) in [5, 5.41) is 9.62. The van der Waals surface area contributed by atoms with Gasteiger partial charge in [0.1, 0.15) is 0 Å². The van der Waals surface area contributed by atoms with E-state index in [4.69, 9.17) is 0 Å².